The van der Waals surface area contributed by atoms with E-state index in [-0.39, 0.29) is 5.91 Å². The van der Waals surface area contributed by atoms with Gasteiger partial charge < -0.3 is 9.15 Å². The summed E-state index contributed by atoms with van der Waals surface area (Å²) < 4.78 is 11.1. The van der Waals surface area contributed by atoms with Crippen LogP contribution in [0.5, 0.6) is 5.75 Å². The van der Waals surface area contributed by atoms with Gasteiger partial charge in [-0.3, -0.25) is 4.79 Å². The molecule has 1 N–H and O–H groups in total. The molecule has 1 aromatic heterocycles. The van der Waals surface area contributed by atoms with E-state index in [4.69, 9.17) is 9.15 Å². The van der Waals surface area contributed by atoms with Crippen LogP contribution in [0.2, 0.25) is 0 Å². The number of para-hydroxylation sites is 1. The molecule has 23 heavy (non-hydrogen) atoms. The largest absolute Gasteiger partial charge is 0.493 e. The lowest BCUT2D eigenvalue weighted by atomic mass is 10.2. The molecule has 1 amide bonds. The monoisotopic (exact) mass is 308 g/mol. The number of nitrogens with one attached hydrogen (secondary N) is 1. The molecule has 0 saturated carbocycles. The van der Waals surface area contributed by atoms with Crippen molar-refractivity contribution < 1.29 is 13.9 Å². The van der Waals surface area contributed by atoms with Crippen LogP contribution < -0.4 is 10.2 Å². The predicted octanol–water partition coefficient (Wildman–Crippen LogP) is 3.60. The summed E-state index contributed by atoms with van der Waals surface area (Å²) in [6, 6.07) is 16.4. The number of amides is 1. The highest BCUT2D eigenvalue weighted by Gasteiger charge is 2.11. The Balaban J connectivity index is 1.82. The summed E-state index contributed by atoms with van der Waals surface area (Å²) in [5, 5.41) is 5.02. The fourth-order valence-corrected chi connectivity index (χ4v) is 2.22. The van der Waals surface area contributed by atoms with Gasteiger partial charge in [-0.1, -0.05) is 30.3 Å². The minimum atomic E-state index is -0.265. The maximum absolute atomic E-state index is 12.0. The highest BCUT2D eigenvalue weighted by molar-refractivity contribution is 6.02. The van der Waals surface area contributed by atoms with Gasteiger partial charge in [0.05, 0.1) is 7.11 Å². The normalized spacial score (nSPS) is 11.5. The topological polar surface area (TPSA) is 63.8 Å². The minimum absolute atomic E-state index is 0.265. The van der Waals surface area contributed by atoms with E-state index >= 15 is 0 Å². The number of hydrazone groups is 1. The fraction of sp³-hybridized carbons (Fsp3) is 0.111. The molecule has 3 rings (SSSR count). The Bertz CT molecular complexity index is 866. The predicted molar refractivity (Wildman–Crippen MR) is 88.9 cm³/mol. The first-order valence-corrected chi connectivity index (χ1v) is 7.15. The number of methoxy groups -OCH3 is 1. The fourth-order valence-electron chi connectivity index (χ4n) is 2.22. The zero-order valence-corrected chi connectivity index (χ0v) is 12.9. The maximum atomic E-state index is 12.0. The Morgan fingerprint density at radius 1 is 1.13 bits per heavy atom. The minimum Gasteiger partial charge on any atom is -0.493 e. The van der Waals surface area contributed by atoms with Crippen molar-refractivity contribution in [1.82, 2.24) is 5.43 Å². The Labute approximate surface area is 133 Å². The summed E-state index contributed by atoms with van der Waals surface area (Å²) in [4.78, 5) is 12.0. The Kier molecular flexibility index (Phi) is 4.10. The van der Waals surface area contributed by atoms with Gasteiger partial charge in [-0.05, 0) is 31.2 Å². The van der Waals surface area contributed by atoms with Gasteiger partial charge >= 0.3 is 0 Å². The number of carbonyl (C=O) groups excluding carboxylic acids is 1. The van der Waals surface area contributed by atoms with Gasteiger partial charge in [-0.15, -0.1) is 0 Å². The molecular formula is C18H16N2O3. The van der Waals surface area contributed by atoms with Crippen LogP contribution in [0.15, 0.2) is 64.1 Å². The average Bonchev–Trinajstić information content (AvgIpc) is 3.04. The number of furan rings is 1. The molecular weight excluding hydrogens is 292 g/mol. The van der Waals surface area contributed by atoms with Crippen LogP contribution in [0.1, 0.15) is 23.0 Å². The lowest BCUT2D eigenvalue weighted by Gasteiger charge is -2.01. The van der Waals surface area contributed by atoms with Crippen molar-refractivity contribution in [3.8, 4) is 5.75 Å². The smallest absolute Gasteiger partial charge is 0.271 e. The van der Waals surface area contributed by atoms with Crippen LogP contribution in [0.3, 0.4) is 0 Å². The average molecular weight is 308 g/mol. The van der Waals surface area contributed by atoms with Gasteiger partial charge in [-0.2, -0.15) is 5.10 Å². The zero-order valence-electron chi connectivity index (χ0n) is 12.9. The molecule has 3 aromatic rings. The first-order chi connectivity index (χ1) is 11.2. The molecule has 0 aliphatic rings. The van der Waals surface area contributed by atoms with E-state index in [1.54, 1.807) is 38.3 Å². The lowest BCUT2D eigenvalue weighted by Crippen LogP contribution is -2.19. The van der Waals surface area contributed by atoms with Crippen molar-refractivity contribution in [2.75, 3.05) is 7.11 Å². The molecule has 1 heterocycles. The Morgan fingerprint density at radius 2 is 1.91 bits per heavy atom. The Hall–Kier alpha value is -3.08. The molecule has 0 saturated heterocycles. The van der Waals surface area contributed by atoms with Crippen molar-refractivity contribution in [1.29, 1.82) is 0 Å². The molecule has 0 unspecified atom stereocenters. The zero-order chi connectivity index (χ0) is 16.2. The van der Waals surface area contributed by atoms with E-state index in [0.717, 1.165) is 5.39 Å². The van der Waals surface area contributed by atoms with Crippen molar-refractivity contribution in [3.05, 3.63) is 65.9 Å². The van der Waals surface area contributed by atoms with Gasteiger partial charge in [-0.25, -0.2) is 5.43 Å². The number of carbonyl (C=O) groups is 1. The summed E-state index contributed by atoms with van der Waals surface area (Å²) in [5.74, 6) is 0.978. The number of rotatable bonds is 4. The van der Waals surface area contributed by atoms with E-state index in [0.29, 0.717) is 28.4 Å². The van der Waals surface area contributed by atoms with E-state index in [9.17, 15) is 4.79 Å². The second-order valence-corrected chi connectivity index (χ2v) is 4.99. The maximum Gasteiger partial charge on any atom is 0.271 e. The molecule has 0 atom stereocenters. The van der Waals surface area contributed by atoms with E-state index in [1.165, 1.54) is 0 Å². The first-order valence-electron chi connectivity index (χ1n) is 7.15. The van der Waals surface area contributed by atoms with Crippen LogP contribution >= 0.6 is 0 Å². The summed E-state index contributed by atoms with van der Waals surface area (Å²) >= 11 is 0. The lowest BCUT2D eigenvalue weighted by molar-refractivity contribution is 0.0955. The number of nitrogens with zero attached hydrogens (tertiary/aromatic N) is 1. The van der Waals surface area contributed by atoms with Gasteiger partial charge in [0, 0.05) is 10.9 Å². The highest BCUT2D eigenvalue weighted by atomic mass is 16.5. The molecule has 5 nitrogen and oxygen atoms in total. The third kappa shape index (κ3) is 3.08. The summed E-state index contributed by atoms with van der Waals surface area (Å²) in [5.41, 5.74) is 4.32. The van der Waals surface area contributed by atoms with E-state index in [2.05, 4.69) is 10.5 Å². The third-order valence-corrected chi connectivity index (χ3v) is 3.45. The molecule has 5 heteroatoms. The second kappa shape index (κ2) is 6.36. The standard InChI is InChI=1S/C18H16N2O3/c1-12(19-20-18(21)13-7-4-3-5-8-13)16-11-14-9-6-10-15(22-2)17(14)23-16/h3-11H,1-2H3,(H,20,21)/b19-12-. The molecule has 2 aromatic carbocycles. The van der Waals surface area contributed by atoms with Crippen LogP contribution in [0.4, 0.5) is 0 Å². The first kappa shape index (κ1) is 14.8. The van der Waals surface area contributed by atoms with Crippen LogP contribution in [0.25, 0.3) is 11.0 Å². The quantitative estimate of drug-likeness (QED) is 0.591. The molecule has 0 fully saturated rings. The number of benzene rings is 2. The van der Waals surface area contributed by atoms with Gasteiger partial charge in [0.25, 0.3) is 5.91 Å². The van der Waals surface area contributed by atoms with Crippen molar-refractivity contribution in [2.24, 2.45) is 5.10 Å². The van der Waals surface area contributed by atoms with E-state index in [1.807, 2.05) is 30.3 Å². The summed E-state index contributed by atoms with van der Waals surface area (Å²) in [6.45, 7) is 1.77. The van der Waals surface area contributed by atoms with Crippen molar-refractivity contribution >= 4 is 22.6 Å². The van der Waals surface area contributed by atoms with Crippen LogP contribution in [-0.2, 0) is 0 Å². The van der Waals surface area contributed by atoms with Gasteiger partial charge in [0.15, 0.2) is 17.1 Å². The number of hydrogen-bond donors (Lipinski definition) is 1. The molecule has 0 bridgehead atoms. The van der Waals surface area contributed by atoms with Gasteiger partial charge in [0.1, 0.15) is 5.71 Å². The molecule has 0 aliphatic heterocycles. The SMILES string of the molecule is COc1cccc2cc(/C(C)=N\NC(=O)c3ccccc3)oc12. The van der Waals surface area contributed by atoms with Crippen molar-refractivity contribution in [2.45, 2.75) is 6.92 Å². The van der Waals surface area contributed by atoms with E-state index < -0.39 is 0 Å². The molecule has 0 spiro atoms. The number of ether oxygens (including phenoxy) is 1. The van der Waals surface area contributed by atoms with Gasteiger partial charge in [0.2, 0.25) is 0 Å². The molecule has 0 aliphatic carbocycles. The van der Waals surface area contributed by atoms with Crippen molar-refractivity contribution in [3.63, 3.8) is 0 Å². The summed E-state index contributed by atoms with van der Waals surface area (Å²) in [6.07, 6.45) is 0. The number of hydrogen-bond acceptors (Lipinski definition) is 4. The Morgan fingerprint density at radius 3 is 2.65 bits per heavy atom. The van der Waals surface area contributed by atoms with Crippen LogP contribution in [0, 0.1) is 0 Å². The number of fused-ring (bicyclic) bond motifs is 1. The van der Waals surface area contributed by atoms with Crippen LogP contribution in [-0.4, -0.2) is 18.7 Å². The summed E-state index contributed by atoms with van der Waals surface area (Å²) in [7, 11) is 1.60. The highest BCUT2D eigenvalue weighted by Crippen LogP contribution is 2.28. The molecule has 116 valence electrons. The third-order valence-electron chi connectivity index (χ3n) is 3.45. The second-order valence-electron chi connectivity index (χ2n) is 4.99. The molecule has 0 radical (unpaired) electrons.